The van der Waals surface area contributed by atoms with Crippen LogP contribution in [0.5, 0.6) is 0 Å². The lowest BCUT2D eigenvalue weighted by Crippen LogP contribution is -1.54. The van der Waals surface area contributed by atoms with Crippen molar-refractivity contribution in [1.29, 1.82) is 0 Å². The molecule has 0 atom stereocenters. The molecule has 0 spiro atoms. The second-order valence-electron chi connectivity index (χ2n) is 0.390. The Morgan fingerprint density at radius 1 is 2.00 bits per heavy atom. The van der Waals surface area contributed by atoms with E-state index in [1.165, 1.54) is 0 Å². The van der Waals surface area contributed by atoms with Crippen LogP contribution < -0.4 is 0 Å². The number of hydrogen-bond acceptors (Lipinski definition) is 0. The summed E-state index contributed by atoms with van der Waals surface area (Å²) in [5.41, 5.74) is 0. The van der Waals surface area contributed by atoms with Gasteiger partial charge < -0.3 is 0 Å². The van der Waals surface area contributed by atoms with Crippen molar-refractivity contribution in [2.75, 3.05) is 0 Å². The molecule has 0 aliphatic carbocycles. The molecular weight excluding hydrogens is 53.8 g/mol. The van der Waals surface area contributed by atoms with Crippen LogP contribution in [0.4, 0.5) is 4.39 Å². The minimum Gasteiger partial charge on any atom is -0.245 e. The molecule has 3 radical (unpaired) electrons. The Labute approximate surface area is 26.4 Å². The summed E-state index contributed by atoms with van der Waals surface area (Å²) in [6.45, 7) is 0.403. The van der Waals surface area contributed by atoms with E-state index in [4.69, 9.17) is 0 Å². The maximum Gasteiger partial charge on any atom is 0.123 e. The van der Waals surface area contributed by atoms with Gasteiger partial charge in [0.1, 0.15) is 6.67 Å². The molecule has 2 heteroatoms. The zero-order valence-corrected chi connectivity index (χ0v) is 2.24. The fourth-order valence-electron chi connectivity index (χ4n) is 0. The molecule has 0 bridgehead atoms. The van der Waals surface area contributed by atoms with Gasteiger partial charge >= 0.3 is 0 Å². The third-order valence-electron chi connectivity index (χ3n) is 0.0891. The van der Waals surface area contributed by atoms with E-state index in [0.29, 0.717) is 6.67 Å². The first-order chi connectivity index (χ1) is 1.91. The molecule has 0 aromatic carbocycles. The van der Waals surface area contributed by atoms with Crippen molar-refractivity contribution in [3.8, 4) is 0 Å². The maximum absolute atomic E-state index is 10.5. The molecule has 0 saturated heterocycles. The topological polar surface area (TPSA) is 0 Å². The van der Waals surface area contributed by atoms with Crippen molar-refractivity contribution in [2.24, 2.45) is 0 Å². The van der Waals surface area contributed by atoms with Gasteiger partial charge in [0.05, 0.1) is 7.85 Å². The molecular formula is C2H3BF. The van der Waals surface area contributed by atoms with Crippen molar-refractivity contribution in [3.63, 3.8) is 0 Å². The second-order valence-corrected chi connectivity index (χ2v) is 0.390. The zero-order chi connectivity index (χ0) is 3.41. The first-order valence-corrected chi connectivity index (χ1v) is 1.03. The number of hydrogen-bond donors (Lipinski definition) is 0. The summed E-state index contributed by atoms with van der Waals surface area (Å²) in [5.74, 6) is 0. The van der Waals surface area contributed by atoms with Gasteiger partial charge in [0.15, 0.2) is 0 Å². The van der Waals surface area contributed by atoms with E-state index in [1.54, 1.807) is 0 Å². The Bertz CT molecular complexity index is 8.00. The van der Waals surface area contributed by atoms with Crippen LogP contribution >= 0.6 is 0 Å². The quantitative estimate of drug-likeness (QED) is 0.388. The van der Waals surface area contributed by atoms with E-state index < -0.39 is 0 Å². The molecule has 0 aliphatic rings. The summed E-state index contributed by atoms with van der Waals surface area (Å²) in [6.07, 6.45) is 0.0278. The van der Waals surface area contributed by atoms with Gasteiger partial charge in [-0.2, -0.15) is 0 Å². The second kappa shape index (κ2) is 2.99. The average Bonchev–Trinajstić information content (AvgIpc) is 1.37. The van der Waals surface area contributed by atoms with Gasteiger partial charge in [-0.3, -0.25) is 0 Å². The van der Waals surface area contributed by atoms with Gasteiger partial charge in [0.25, 0.3) is 0 Å². The Kier molecular flexibility index (Phi) is 2.99. The fraction of sp³-hybridized carbons (Fsp3) is 0.500. The van der Waals surface area contributed by atoms with Crippen molar-refractivity contribution in [3.05, 3.63) is 6.67 Å². The van der Waals surface area contributed by atoms with Crippen LogP contribution in [0.3, 0.4) is 0 Å². The third kappa shape index (κ3) is 1.99. The maximum atomic E-state index is 10.5. The highest BCUT2D eigenvalue weighted by Gasteiger charge is 1.62. The summed E-state index contributed by atoms with van der Waals surface area (Å²) >= 11 is 0. The van der Waals surface area contributed by atoms with E-state index in [0.717, 1.165) is 0 Å². The molecule has 0 amide bonds. The van der Waals surface area contributed by atoms with E-state index in [9.17, 15) is 4.39 Å². The first kappa shape index (κ1) is 3.99. The van der Waals surface area contributed by atoms with Crippen molar-refractivity contribution < 1.29 is 4.39 Å². The van der Waals surface area contributed by atoms with E-state index in [-0.39, 0.29) is 6.32 Å². The molecule has 0 heterocycles. The van der Waals surface area contributed by atoms with Gasteiger partial charge in [-0.1, -0.05) is 6.32 Å². The molecule has 21 valence electrons. The van der Waals surface area contributed by atoms with Crippen LogP contribution in [-0.4, -0.2) is 7.85 Å². The summed E-state index contributed by atoms with van der Waals surface area (Å²) < 4.78 is 10.5. The fourth-order valence-corrected chi connectivity index (χ4v) is 0. The van der Waals surface area contributed by atoms with E-state index >= 15 is 0 Å². The van der Waals surface area contributed by atoms with E-state index in [2.05, 4.69) is 7.85 Å². The lowest BCUT2D eigenvalue weighted by molar-refractivity contribution is 0.628. The van der Waals surface area contributed by atoms with Gasteiger partial charge in [-0.25, -0.2) is 4.39 Å². The van der Waals surface area contributed by atoms with Crippen LogP contribution in [0.1, 0.15) is 0 Å². The largest absolute Gasteiger partial charge is 0.245 e. The predicted molar refractivity (Wildman–Crippen MR) is 16.0 cm³/mol. The molecule has 0 nitrogen and oxygen atoms in total. The van der Waals surface area contributed by atoms with Crippen LogP contribution in [0.25, 0.3) is 0 Å². The lowest BCUT2D eigenvalue weighted by Gasteiger charge is -1.62. The summed E-state index contributed by atoms with van der Waals surface area (Å²) in [4.78, 5) is 0. The summed E-state index contributed by atoms with van der Waals surface area (Å²) in [7, 11) is 4.60. The lowest BCUT2D eigenvalue weighted by atomic mass is 10.1. The molecule has 0 saturated carbocycles. The zero-order valence-electron chi connectivity index (χ0n) is 2.24. The van der Waals surface area contributed by atoms with Crippen LogP contribution in [-0.2, 0) is 0 Å². The Hall–Kier alpha value is -0.00506. The third-order valence-corrected chi connectivity index (χ3v) is 0.0891. The van der Waals surface area contributed by atoms with Gasteiger partial charge in [0.2, 0.25) is 0 Å². The minimum atomic E-state index is 0.0278. The Morgan fingerprint density at radius 2 is 2.25 bits per heavy atom. The normalized spacial score (nSPS) is 7.25. The van der Waals surface area contributed by atoms with Crippen LogP contribution in [0.15, 0.2) is 0 Å². The van der Waals surface area contributed by atoms with Crippen LogP contribution in [0.2, 0.25) is 6.32 Å². The highest BCUT2D eigenvalue weighted by atomic mass is 19.1. The summed E-state index contributed by atoms with van der Waals surface area (Å²) in [6, 6.07) is 0. The highest BCUT2D eigenvalue weighted by molar-refractivity contribution is 6.09. The molecule has 0 fully saturated rings. The summed E-state index contributed by atoms with van der Waals surface area (Å²) in [5, 5.41) is 0. The Balaban J connectivity index is 1.97. The highest BCUT2D eigenvalue weighted by Crippen LogP contribution is 1.76. The monoisotopic (exact) mass is 57.0 g/mol. The van der Waals surface area contributed by atoms with Gasteiger partial charge in [-0.05, 0) is 0 Å². The molecule has 0 aromatic rings. The van der Waals surface area contributed by atoms with Crippen molar-refractivity contribution in [1.82, 2.24) is 0 Å². The molecule has 4 heavy (non-hydrogen) atoms. The smallest absolute Gasteiger partial charge is 0.123 e. The number of rotatable bonds is 1. The van der Waals surface area contributed by atoms with Gasteiger partial charge in [-0.15, -0.1) is 0 Å². The molecule has 0 aromatic heterocycles. The predicted octanol–water partition coefficient (Wildman–Crippen LogP) is 0.704. The van der Waals surface area contributed by atoms with Crippen LogP contribution in [0, 0.1) is 6.67 Å². The molecule has 0 aliphatic heterocycles. The van der Waals surface area contributed by atoms with E-state index in [1.807, 2.05) is 0 Å². The average molecular weight is 56.9 g/mol. The van der Waals surface area contributed by atoms with Crippen molar-refractivity contribution >= 4 is 7.85 Å². The molecule has 0 rings (SSSR count). The standard InChI is InChI=1S/C2H3BF/c3-1-2-4/h2H,1H2. The van der Waals surface area contributed by atoms with Gasteiger partial charge in [0, 0.05) is 0 Å². The Morgan fingerprint density at radius 3 is 2.25 bits per heavy atom. The van der Waals surface area contributed by atoms with Crippen molar-refractivity contribution in [2.45, 2.75) is 6.32 Å². The SMILES string of the molecule is [B]C[CH]F. The minimum absolute atomic E-state index is 0.0278. The first-order valence-electron chi connectivity index (χ1n) is 1.03. The molecule has 0 N–H and O–H groups in total. The number of halogens is 1. The molecule has 0 unspecified atom stereocenters.